The molecular weight excluding hydrogens is 408 g/mol. The number of imide groups is 1. The van der Waals surface area contributed by atoms with Gasteiger partial charge in [0.2, 0.25) is 0 Å². The van der Waals surface area contributed by atoms with Gasteiger partial charge < -0.3 is 20.8 Å². The third-order valence-corrected chi connectivity index (χ3v) is 6.77. The summed E-state index contributed by atoms with van der Waals surface area (Å²) in [4.78, 5) is 29.5. The second-order valence-electron chi connectivity index (χ2n) is 8.21. The number of ether oxygens (including phenoxy) is 1. The third-order valence-electron chi connectivity index (χ3n) is 6.55. The van der Waals surface area contributed by atoms with Crippen molar-refractivity contribution in [2.45, 2.75) is 31.2 Å². The van der Waals surface area contributed by atoms with Crippen LogP contribution in [0.2, 0.25) is 5.02 Å². The van der Waals surface area contributed by atoms with Crippen molar-refractivity contribution in [2.75, 3.05) is 43.5 Å². The Morgan fingerprint density at radius 3 is 2.53 bits per heavy atom. The molecule has 3 aliphatic heterocycles. The van der Waals surface area contributed by atoms with Crippen LogP contribution in [-0.2, 0) is 9.53 Å². The van der Waals surface area contributed by atoms with E-state index in [0.717, 1.165) is 23.5 Å². The van der Waals surface area contributed by atoms with Crippen molar-refractivity contribution in [3.63, 3.8) is 0 Å². The Morgan fingerprint density at radius 1 is 1.23 bits per heavy atom. The van der Waals surface area contributed by atoms with Gasteiger partial charge in [-0.25, -0.2) is 15.6 Å². The summed E-state index contributed by atoms with van der Waals surface area (Å²) in [5.41, 5.74) is 6.78. The molecule has 0 aliphatic carbocycles. The van der Waals surface area contributed by atoms with Crippen molar-refractivity contribution >= 4 is 41.1 Å². The van der Waals surface area contributed by atoms with E-state index in [1.807, 2.05) is 4.90 Å². The molecule has 0 atom stereocenters. The zero-order valence-corrected chi connectivity index (χ0v) is 17.5. The van der Waals surface area contributed by atoms with Crippen molar-refractivity contribution in [3.05, 3.63) is 22.7 Å². The lowest BCUT2D eigenvalue weighted by Gasteiger charge is -2.41. The number of hydrazine groups is 1. The Morgan fingerprint density at radius 2 is 1.90 bits per heavy atom. The maximum absolute atomic E-state index is 13.3. The molecular formula is C20H27ClN6O3. The summed E-state index contributed by atoms with van der Waals surface area (Å²) < 4.78 is 5.38. The fraction of sp³-hybridized carbons (Fsp3) is 0.550. The van der Waals surface area contributed by atoms with E-state index in [2.05, 4.69) is 0 Å². The average molecular weight is 435 g/mol. The van der Waals surface area contributed by atoms with Crippen LogP contribution in [0.25, 0.3) is 0 Å². The number of hydrogen-bond acceptors (Lipinski definition) is 7. The Labute approximate surface area is 180 Å². The van der Waals surface area contributed by atoms with E-state index in [0.29, 0.717) is 62.0 Å². The van der Waals surface area contributed by atoms with E-state index >= 15 is 0 Å². The Kier molecular flexibility index (Phi) is 5.61. The first-order chi connectivity index (χ1) is 14.4. The average Bonchev–Trinajstić information content (AvgIpc) is 2.91. The van der Waals surface area contributed by atoms with Gasteiger partial charge in [0, 0.05) is 61.0 Å². The number of hydrogen-bond donors (Lipinski definition) is 3. The zero-order chi connectivity index (χ0) is 21.5. The molecule has 3 heterocycles. The third kappa shape index (κ3) is 3.40. The molecule has 0 unspecified atom stereocenters. The van der Waals surface area contributed by atoms with Crippen LogP contribution in [0.3, 0.4) is 0 Å². The van der Waals surface area contributed by atoms with Gasteiger partial charge in [-0.15, -0.1) is 0 Å². The number of carbonyl (C=O) groups excluding carboxylic acids is 2. The van der Waals surface area contributed by atoms with Gasteiger partial charge in [0.1, 0.15) is 5.54 Å². The first kappa shape index (κ1) is 20.9. The minimum absolute atomic E-state index is 0.209. The lowest BCUT2D eigenvalue weighted by molar-refractivity contribution is -0.135. The number of carbonyl (C=O) groups is 2. The number of nitrogens with one attached hydrogen (secondary N) is 1. The summed E-state index contributed by atoms with van der Waals surface area (Å²) >= 11 is 6.17. The smallest absolute Gasteiger partial charge is 0.341 e. The van der Waals surface area contributed by atoms with Crippen LogP contribution in [0.1, 0.15) is 31.2 Å². The summed E-state index contributed by atoms with van der Waals surface area (Å²) in [6.07, 6.45) is 3.70. The van der Waals surface area contributed by atoms with Crippen molar-refractivity contribution in [3.8, 4) is 0 Å². The summed E-state index contributed by atoms with van der Waals surface area (Å²) in [5, 5.41) is 9.32. The summed E-state index contributed by atoms with van der Waals surface area (Å²) in [7, 11) is 0. The maximum Gasteiger partial charge on any atom is 0.341 e. The van der Waals surface area contributed by atoms with Gasteiger partial charge in [0.25, 0.3) is 5.91 Å². The number of nitrogens with two attached hydrogens (primary N) is 2. The van der Waals surface area contributed by atoms with E-state index in [4.69, 9.17) is 33.3 Å². The topological polar surface area (TPSA) is 129 Å². The molecule has 3 aliphatic rings. The minimum Gasteiger partial charge on any atom is -0.398 e. The number of amides is 3. The summed E-state index contributed by atoms with van der Waals surface area (Å²) in [6.45, 7) is 2.71. The highest BCUT2D eigenvalue weighted by atomic mass is 35.5. The van der Waals surface area contributed by atoms with Crippen molar-refractivity contribution in [1.82, 2.24) is 9.91 Å². The molecule has 9 nitrogen and oxygen atoms in total. The number of nitrogen functional groups attached to an aromatic ring is 1. The second-order valence-corrected chi connectivity index (χ2v) is 8.65. The molecule has 4 rings (SSSR count). The number of nitrogens with zero attached hydrogens (tertiary/aromatic N) is 3. The first-order valence-electron chi connectivity index (χ1n) is 10.2. The second kappa shape index (κ2) is 8.05. The van der Waals surface area contributed by atoms with Crippen LogP contribution in [0, 0.1) is 11.3 Å². The van der Waals surface area contributed by atoms with Gasteiger partial charge in [-0.2, -0.15) is 0 Å². The molecule has 162 valence electrons. The molecule has 1 aromatic rings. The van der Waals surface area contributed by atoms with Gasteiger partial charge in [-0.05, 0) is 43.7 Å². The molecule has 3 amide bonds. The van der Waals surface area contributed by atoms with Crippen LogP contribution in [0.5, 0.6) is 0 Å². The van der Waals surface area contributed by atoms with E-state index in [-0.39, 0.29) is 11.8 Å². The van der Waals surface area contributed by atoms with Crippen molar-refractivity contribution in [1.29, 1.82) is 5.41 Å². The summed E-state index contributed by atoms with van der Waals surface area (Å²) in [5.74, 6) is 6.20. The highest BCUT2D eigenvalue weighted by Gasteiger charge is 2.57. The molecule has 0 saturated carbocycles. The van der Waals surface area contributed by atoms with E-state index in [1.54, 1.807) is 12.1 Å². The van der Waals surface area contributed by atoms with Crippen LogP contribution in [0.15, 0.2) is 12.1 Å². The highest BCUT2D eigenvalue weighted by Crippen LogP contribution is 2.39. The van der Waals surface area contributed by atoms with Gasteiger partial charge in [-0.3, -0.25) is 9.69 Å². The quantitative estimate of drug-likeness (QED) is 0.218. The molecule has 0 bridgehead atoms. The first-order valence-corrected chi connectivity index (χ1v) is 10.6. The van der Waals surface area contributed by atoms with E-state index < -0.39 is 11.6 Å². The number of rotatable bonds is 4. The van der Waals surface area contributed by atoms with Crippen LogP contribution in [-0.4, -0.2) is 66.4 Å². The lowest BCUT2D eigenvalue weighted by atomic mass is 9.86. The number of urea groups is 1. The molecule has 0 aromatic heterocycles. The van der Waals surface area contributed by atoms with Gasteiger partial charge in [-0.1, -0.05) is 11.6 Å². The maximum atomic E-state index is 13.3. The van der Waals surface area contributed by atoms with Crippen LogP contribution < -0.4 is 16.5 Å². The summed E-state index contributed by atoms with van der Waals surface area (Å²) in [6, 6.07) is 2.97. The predicted molar refractivity (Wildman–Crippen MR) is 115 cm³/mol. The molecule has 30 heavy (non-hydrogen) atoms. The highest BCUT2D eigenvalue weighted by molar-refractivity contribution is 6.31. The van der Waals surface area contributed by atoms with Gasteiger partial charge in [0.15, 0.2) is 0 Å². The van der Waals surface area contributed by atoms with Crippen LogP contribution in [0.4, 0.5) is 16.2 Å². The molecule has 3 fully saturated rings. The molecule has 3 saturated heterocycles. The molecule has 0 radical (unpaired) electrons. The SMILES string of the molecule is N=Cc1c(N)cc(Cl)cc1N1CCC2(CC1)C(=O)N(CC1CCOCC1)C(=O)N2N. The number of piperidine rings is 1. The fourth-order valence-corrected chi connectivity index (χ4v) is 4.94. The standard InChI is InChI=1S/C20H27ClN6O3/c21-14-9-16(23)15(11-22)17(10-14)25-5-3-20(4-6-25)18(28)26(19(29)27(20)24)12-13-1-7-30-8-2-13/h9-11,13,22H,1-8,12,23-24H2. The van der Waals surface area contributed by atoms with Crippen LogP contribution >= 0.6 is 11.6 Å². The zero-order valence-electron chi connectivity index (χ0n) is 16.8. The van der Waals surface area contributed by atoms with Gasteiger partial charge in [0.05, 0.1) is 0 Å². The Balaban J connectivity index is 1.51. The molecule has 5 N–H and O–H groups in total. The molecule has 10 heteroatoms. The Bertz CT molecular complexity index is 864. The number of halogens is 1. The normalized spacial score (nSPS) is 22.3. The monoisotopic (exact) mass is 434 g/mol. The van der Waals surface area contributed by atoms with Crippen molar-refractivity contribution in [2.24, 2.45) is 11.8 Å². The molecule has 1 spiro atoms. The Hall–Kier alpha value is -2.36. The largest absolute Gasteiger partial charge is 0.398 e. The van der Waals surface area contributed by atoms with E-state index in [1.165, 1.54) is 11.1 Å². The fourth-order valence-electron chi connectivity index (χ4n) is 4.72. The van der Waals surface area contributed by atoms with Crippen molar-refractivity contribution < 1.29 is 14.3 Å². The lowest BCUT2D eigenvalue weighted by Crippen LogP contribution is -2.59. The molecule has 1 aromatic carbocycles. The number of anilines is 2. The van der Waals surface area contributed by atoms with E-state index in [9.17, 15) is 9.59 Å². The predicted octanol–water partition coefficient (Wildman–Crippen LogP) is 1.82. The minimum atomic E-state index is -1.02. The number of benzene rings is 1. The van der Waals surface area contributed by atoms with Gasteiger partial charge >= 0.3 is 6.03 Å².